The summed E-state index contributed by atoms with van der Waals surface area (Å²) in [6.07, 6.45) is 1.21. The van der Waals surface area contributed by atoms with Gasteiger partial charge in [0.15, 0.2) is 0 Å². The van der Waals surface area contributed by atoms with Crippen LogP contribution >= 0.6 is 11.3 Å². The molecule has 1 saturated heterocycles. The second-order valence-electron chi connectivity index (χ2n) is 5.88. The highest BCUT2D eigenvalue weighted by molar-refractivity contribution is 7.11. The Labute approximate surface area is 131 Å². The first-order valence-electron chi connectivity index (χ1n) is 7.84. The molecule has 2 heterocycles. The molecule has 1 aromatic heterocycles. The normalized spacial score (nSPS) is 23.3. The first-order chi connectivity index (χ1) is 10.3. The van der Waals surface area contributed by atoms with Crippen molar-refractivity contribution in [3.8, 4) is 0 Å². The molecule has 0 radical (unpaired) electrons. The molecule has 3 heteroatoms. The number of nitrogens with zero attached hydrogens (tertiary/aromatic N) is 1. The zero-order valence-electron chi connectivity index (χ0n) is 12.9. The van der Waals surface area contributed by atoms with Crippen LogP contribution in [0.5, 0.6) is 0 Å². The molecule has 2 atom stereocenters. The molecule has 0 bridgehead atoms. The summed E-state index contributed by atoms with van der Waals surface area (Å²) in [6.45, 7) is 7.75. The second kappa shape index (κ2) is 6.73. The Balaban J connectivity index is 1.72. The second-order valence-corrected chi connectivity index (χ2v) is 7.25. The molecule has 0 saturated carbocycles. The van der Waals surface area contributed by atoms with Crippen LogP contribution in [0.4, 0.5) is 0 Å². The van der Waals surface area contributed by atoms with Crippen molar-refractivity contribution in [2.24, 2.45) is 0 Å². The van der Waals surface area contributed by atoms with Crippen LogP contribution in [0.2, 0.25) is 0 Å². The molecule has 0 spiro atoms. The third-order valence-electron chi connectivity index (χ3n) is 4.36. The van der Waals surface area contributed by atoms with Crippen molar-refractivity contribution in [1.29, 1.82) is 0 Å². The highest BCUT2D eigenvalue weighted by atomic mass is 32.1. The first kappa shape index (κ1) is 14.8. The van der Waals surface area contributed by atoms with E-state index in [9.17, 15) is 0 Å². The smallest absolute Gasteiger partial charge is 0.0450 e. The van der Waals surface area contributed by atoms with Crippen LogP contribution in [0, 0.1) is 6.92 Å². The quantitative estimate of drug-likeness (QED) is 0.918. The Morgan fingerprint density at radius 2 is 2.00 bits per heavy atom. The minimum absolute atomic E-state index is 0.454. The lowest BCUT2D eigenvalue weighted by molar-refractivity contribution is 0.120. The number of thiophene rings is 1. The van der Waals surface area contributed by atoms with Gasteiger partial charge < -0.3 is 5.32 Å². The SMILES string of the molecule is CCC1CNC(c2ccccc2)CN1Cc1ccc(C)s1. The van der Waals surface area contributed by atoms with Crippen molar-refractivity contribution in [1.82, 2.24) is 10.2 Å². The van der Waals surface area contributed by atoms with Gasteiger partial charge >= 0.3 is 0 Å². The van der Waals surface area contributed by atoms with Gasteiger partial charge in [0.05, 0.1) is 0 Å². The van der Waals surface area contributed by atoms with Crippen molar-refractivity contribution >= 4 is 11.3 Å². The fourth-order valence-electron chi connectivity index (χ4n) is 3.13. The summed E-state index contributed by atoms with van der Waals surface area (Å²) in [4.78, 5) is 5.55. The maximum atomic E-state index is 3.72. The fourth-order valence-corrected chi connectivity index (χ4v) is 4.05. The van der Waals surface area contributed by atoms with Gasteiger partial charge in [0.25, 0.3) is 0 Å². The van der Waals surface area contributed by atoms with Gasteiger partial charge in [0.2, 0.25) is 0 Å². The lowest BCUT2D eigenvalue weighted by Crippen LogP contribution is -2.51. The topological polar surface area (TPSA) is 15.3 Å². The molecule has 1 aliphatic heterocycles. The van der Waals surface area contributed by atoms with E-state index >= 15 is 0 Å². The number of aryl methyl sites for hydroxylation is 1. The molecule has 1 aliphatic rings. The van der Waals surface area contributed by atoms with Crippen molar-refractivity contribution in [3.63, 3.8) is 0 Å². The molecule has 3 rings (SSSR count). The van der Waals surface area contributed by atoms with Gasteiger partial charge in [0, 0.05) is 41.5 Å². The van der Waals surface area contributed by atoms with E-state index in [2.05, 4.69) is 66.5 Å². The Kier molecular flexibility index (Phi) is 4.73. The summed E-state index contributed by atoms with van der Waals surface area (Å²) >= 11 is 1.93. The van der Waals surface area contributed by atoms with Crippen LogP contribution in [0.3, 0.4) is 0 Å². The highest BCUT2D eigenvalue weighted by Crippen LogP contribution is 2.25. The maximum Gasteiger partial charge on any atom is 0.0450 e. The summed E-state index contributed by atoms with van der Waals surface area (Å²) in [5.74, 6) is 0. The van der Waals surface area contributed by atoms with E-state index in [0.29, 0.717) is 12.1 Å². The predicted octanol–water partition coefficient (Wildman–Crippen LogP) is 3.98. The van der Waals surface area contributed by atoms with E-state index < -0.39 is 0 Å². The standard InChI is InChI=1S/C18H24N2S/c1-3-16-11-19-18(15-7-5-4-6-8-15)13-20(16)12-17-10-9-14(2)21-17/h4-10,16,18-19H,3,11-13H2,1-2H3. The number of nitrogens with one attached hydrogen (secondary N) is 1. The number of piperazine rings is 1. The van der Waals surface area contributed by atoms with Gasteiger partial charge in [-0.05, 0) is 31.0 Å². The maximum absolute atomic E-state index is 3.72. The highest BCUT2D eigenvalue weighted by Gasteiger charge is 2.27. The molecule has 21 heavy (non-hydrogen) atoms. The molecule has 1 N–H and O–H groups in total. The van der Waals surface area contributed by atoms with E-state index in [1.807, 2.05) is 11.3 Å². The number of hydrogen-bond donors (Lipinski definition) is 1. The van der Waals surface area contributed by atoms with Crippen molar-refractivity contribution < 1.29 is 0 Å². The first-order valence-corrected chi connectivity index (χ1v) is 8.65. The molecule has 112 valence electrons. The minimum Gasteiger partial charge on any atom is -0.307 e. The molecule has 1 aromatic carbocycles. The zero-order valence-corrected chi connectivity index (χ0v) is 13.7. The summed E-state index contributed by atoms with van der Waals surface area (Å²) in [7, 11) is 0. The Morgan fingerprint density at radius 1 is 1.19 bits per heavy atom. The van der Waals surface area contributed by atoms with Crippen molar-refractivity contribution in [2.45, 2.75) is 38.9 Å². The number of hydrogen-bond acceptors (Lipinski definition) is 3. The zero-order chi connectivity index (χ0) is 14.7. The van der Waals surface area contributed by atoms with E-state index in [-0.39, 0.29) is 0 Å². The third-order valence-corrected chi connectivity index (χ3v) is 5.35. The molecule has 2 nitrogen and oxygen atoms in total. The van der Waals surface area contributed by atoms with Gasteiger partial charge in [-0.1, -0.05) is 37.3 Å². The molecule has 0 aliphatic carbocycles. The monoisotopic (exact) mass is 300 g/mol. The van der Waals surface area contributed by atoms with E-state index in [1.165, 1.54) is 21.7 Å². The van der Waals surface area contributed by atoms with E-state index in [4.69, 9.17) is 0 Å². The molecular weight excluding hydrogens is 276 g/mol. The molecular formula is C18H24N2S. The van der Waals surface area contributed by atoms with E-state index in [0.717, 1.165) is 19.6 Å². The lowest BCUT2D eigenvalue weighted by Gasteiger charge is -2.40. The summed E-state index contributed by atoms with van der Waals surface area (Å²) in [5, 5.41) is 3.72. The van der Waals surface area contributed by atoms with Gasteiger partial charge in [-0.3, -0.25) is 4.90 Å². The van der Waals surface area contributed by atoms with Crippen LogP contribution in [0.25, 0.3) is 0 Å². The van der Waals surface area contributed by atoms with Gasteiger partial charge in [-0.15, -0.1) is 11.3 Å². The Hall–Kier alpha value is -1.16. The van der Waals surface area contributed by atoms with Crippen LogP contribution in [0.15, 0.2) is 42.5 Å². The van der Waals surface area contributed by atoms with Crippen LogP contribution < -0.4 is 5.32 Å². The molecule has 2 aromatic rings. The van der Waals surface area contributed by atoms with Gasteiger partial charge in [-0.2, -0.15) is 0 Å². The summed E-state index contributed by atoms with van der Waals surface area (Å²) < 4.78 is 0. The summed E-state index contributed by atoms with van der Waals surface area (Å²) in [5.41, 5.74) is 1.40. The van der Waals surface area contributed by atoms with E-state index in [1.54, 1.807) is 0 Å². The van der Waals surface area contributed by atoms with Crippen LogP contribution in [-0.2, 0) is 6.54 Å². The van der Waals surface area contributed by atoms with Gasteiger partial charge in [0.1, 0.15) is 0 Å². The Bertz CT molecular complexity index is 564. The summed E-state index contributed by atoms with van der Waals surface area (Å²) in [6, 6.07) is 16.4. The minimum atomic E-state index is 0.454. The van der Waals surface area contributed by atoms with Crippen molar-refractivity contribution in [3.05, 3.63) is 57.8 Å². The predicted molar refractivity (Wildman–Crippen MR) is 90.7 cm³/mol. The Morgan fingerprint density at radius 3 is 2.67 bits per heavy atom. The van der Waals surface area contributed by atoms with Crippen LogP contribution in [-0.4, -0.2) is 24.0 Å². The van der Waals surface area contributed by atoms with Gasteiger partial charge in [-0.25, -0.2) is 0 Å². The van der Waals surface area contributed by atoms with Crippen LogP contribution in [0.1, 0.15) is 34.7 Å². The third kappa shape index (κ3) is 3.54. The average Bonchev–Trinajstić information content (AvgIpc) is 2.93. The molecule has 2 unspecified atom stereocenters. The average molecular weight is 300 g/mol. The van der Waals surface area contributed by atoms with Crippen molar-refractivity contribution in [2.75, 3.05) is 13.1 Å². The molecule has 1 fully saturated rings. The lowest BCUT2D eigenvalue weighted by atomic mass is 10.0. The largest absolute Gasteiger partial charge is 0.307 e. The molecule has 0 amide bonds. The number of rotatable bonds is 4. The number of benzene rings is 1. The fraction of sp³-hybridized carbons (Fsp3) is 0.444.